The molecule has 1 aromatic carbocycles. The number of carbonyl (C=O) groups is 2. The fraction of sp³-hybridized carbons (Fsp3) is 0.375. The van der Waals surface area contributed by atoms with E-state index >= 15 is 0 Å². The highest BCUT2D eigenvalue weighted by Crippen LogP contribution is 2.38. The minimum Gasteiger partial charge on any atom is -0.507 e. The van der Waals surface area contributed by atoms with E-state index in [9.17, 15) is 14.7 Å². The lowest BCUT2D eigenvalue weighted by atomic mass is 9.98. The van der Waals surface area contributed by atoms with Crippen LogP contribution in [0.25, 0.3) is 5.76 Å². The van der Waals surface area contributed by atoms with Crippen LogP contribution in [0.2, 0.25) is 0 Å². The molecular formula is C24H29N3O4. The summed E-state index contributed by atoms with van der Waals surface area (Å²) >= 11 is 0. The molecular weight excluding hydrogens is 394 g/mol. The van der Waals surface area contributed by atoms with Crippen LogP contribution in [0.1, 0.15) is 37.6 Å². The first-order chi connectivity index (χ1) is 15.0. The first-order valence-electron chi connectivity index (χ1n) is 10.6. The second kappa shape index (κ2) is 10.2. The highest BCUT2D eigenvalue weighted by molar-refractivity contribution is 6.46. The normalized spacial score (nSPS) is 18.1. The van der Waals surface area contributed by atoms with Crippen molar-refractivity contribution in [3.8, 4) is 5.75 Å². The van der Waals surface area contributed by atoms with Crippen molar-refractivity contribution in [2.75, 3.05) is 33.3 Å². The van der Waals surface area contributed by atoms with Crippen molar-refractivity contribution < 1.29 is 19.4 Å². The molecule has 0 saturated carbocycles. The minimum atomic E-state index is -0.722. The van der Waals surface area contributed by atoms with E-state index in [1.165, 1.54) is 4.90 Å². The predicted octanol–water partition coefficient (Wildman–Crippen LogP) is 3.24. The van der Waals surface area contributed by atoms with E-state index in [2.05, 4.69) is 23.7 Å². The van der Waals surface area contributed by atoms with Gasteiger partial charge in [0.05, 0.1) is 18.4 Å². The van der Waals surface area contributed by atoms with Gasteiger partial charge in [-0.05, 0) is 62.5 Å². The number of aliphatic hydroxyl groups is 1. The molecule has 0 aliphatic carbocycles. The van der Waals surface area contributed by atoms with Gasteiger partial charge in [-0.15, -0.1) is 0 Å². The third-order valence-corrected chi connectivity index (χ3v) is 5.64. The molecule has 1 atom stereocenters. The first kappa shape index (κ1) is 22.5. The van der Waals surface area contributed by atoms with Crippen LogP contribution in [0.3, 0.4) is 0 Å². The minimum absolute atomic E-state index is 0.0664. The molecule has 1 aromatic heterocycles. The molecule has 7 heteroatoms. The lowest BCUT2D eigenvalue weighted by Crippen LogP contribution is -2.33. The van der Waals surface area contributed by atoms with Crippen molar-refractivity contribution in [2.45, 2.75) is 26.3 Å². The van der Waals surface area contributed by atoms with Crippen LogP contribution in [0.5, 0.6) is 5.75 Å². The summed E-state index contributed by atoms with van der Waals surface area (Å²) in [5, 5.41) is 11.0. The summed E-state index contributed by atoms with van der Waals surface area (Å²) < 4.78 is 5.16. The van der Waals surface area contributed by atoms with E-state index in [1.54, 1.807) is 49.7 Å². The lowest BCUT2D eigenvalue weighted by molar-refractivity contribution is -0.140. The van der Waals surface area contributed by atoms with Crippen LogP contribution in [-0.2, 0) is 9.59 Å². The van der Waals surface area contributed by atoms with Gasteiger partial charge < -0.3 is 19.6 Å². The fourth-order valence-electron chi connectivity index (χ4n) is 3.86. The Kier molecular flexibility index (Phi) is 7.41. The molecule has 2 aromatic rings. The zero-order valence-electron chi connectivity index (χ0n) is 18.2. The highest BCUT2D eigenvalue weighted by Gasteiger charge is 2.46. The number of Topliss-reactive ketones (excluding diaryl/α,β-unsaturated/α-hetero) is 1. The van der Waals surface area contributed by atoms with Crippen molar-refractivity contribution in [3.05, 3.63) is 65.5 Å². The Hall–Kier alpha value is -3.19. The van der Waals surface area contributed by atoms with E-state index in [1.807, 2.05) is 6.07 Å². The number of benzene rings is 1. The number of pyridine rings is 1. The van der Waals surface area contributed by atoms with Crippen LogP contribution >= 0.6 is 0 Å². The number of amides is 1. The second-order valence-electron chi connectivity index (χ2n) is 7.36. The van der Waals surface area contributed by atoms with Gasteiger partial charge in [-0.2, -0.15) is 0 Å². The third-order valence-electron chi connectivity index (χ3n) is 5.64. The Morgan fingerprint density at radius 1 is 1.13 bits per heavy atom. The molecule has 2 heterocycles. The molecule has 0 bridgehead atoms. The van der Waals surface area contributed by atoms with Gasteiger partial charge in [-0.1, -0.05) is 19.9 Å². The standard InChI is InChI=1S/C24H29N3O4/c1-4-26(5-2)15-8-16-27-21(19-9-6-7-14-25-19)20(23(29)24(27)30)22(28)17-10-12-18(31-3)13-11-17/h6-7,9-14,21,28H,4-5,8,15-16H2,1-3H3/b22-20+/t21-/m0/s1. The summed E-state index contributed by atoms with van der Waals surface area (Å²) in [5.41, 5.74) is 1.07. The average molecular weight is 424 g/mol. The van der Waals surface area contributed by atoms with Crippen LogP contribution in [-0.4, -0.2) is 64.9 Å². The number of aliphatic hydroxyl groups excluding tert-OH is 1. The number of ketones is 1. The summed E-state index contributed by atoms with van der Waals surface area (Å²) in [6, 6.07) is 11.4. The van der Waals surface area contributed by atoms with Crippen molar-refractivity contribution in [1.82, 2.24) is 14.8 Å². The Labute approximate surface area is 183 Å². The van der Waals surface area contributed by atoms with E-state index in [0.29, 0.717) is 23.6 Å². The van der Waals surface area contributed by atoms with Gasteiger partial charge in [0.15, 0.2) is 0 Å². The van der Waals surface area contributed by atoms with Gasteiger partial charge in [0.25, 0.3) is 11.7 Å². The number of methoxy groups -OCH3 is 1. The number of hydrogen-bond donors (Lipinski definition) is 1. The van der Waals surface area contributed by atoms with Crippen LogP contribution in [0.4, 0.5) is 0 Å². The summed E-state index contributed by atoms with van der Waals surface area (Å²) in [4.78, 5) is 34.1. The van der Waals surface area contributed by atoms with Crippen LogP contribution in [0, 0.1) is 0 Å². The zero-order valence-corrected chi connectivity index (χ0v) is 18.2. The van der Waals surface area contributed by atoms with Gasteiger partial charge in [0.2, 0.25) is 0 Å². The summed E-state index contributed by atoms with van der Waals surface area (Å²) in [6.07, 6.45) is 2.35. The maximum Gasteiger partial charge on any atom is 0.295 e. The molecule has 0 unspecified atom stereocenters. The smallest absolute Gasteiger partial charge is 0.295 e. The van der Waals surface area contributed by atoms with E-state index in [4.69, 9.17) is 4.74 Å². The first-order valence-corrected chi connectivity index (χ1v) is 10.6. The Bertz CT molecular complexity index is 937. The molecule has 1 saturated heterocycles. The summed E-state index contributed by atoms with van der Waals surface area (Å²) in [6.45, 7) is 7.27. The molecule has 0 spiro atoms. The molecule has 3 rings (SSSR count). The Morgan fingerprint density at radius 2 is 1.84 bits per heavy atom. The van der Waals surface area contributed by atoms with Gasteiger partial charge >= 0.3 is 0 Å². The number of rotatable bonds is 9. The molecule has 1 aliphatic rings. The number of likely N-dealkylation sites (tertiary alicyclic amines) is 1. The van der Waals surface area contributed by atoms with Crippen molar-refractivity contribution in [1.29, 1.82) is 0 Å². The molecule has 31 heavy (non-hydrogen) atoms. The molecule has 1 N–H and O–H groups in total. The topological polar surface area (TPSA) is 83.0 Å². The number of ether oxygens (including phenoxy) is 1. The molecule has 0 radical (unpaired) electrons. The third kappa shape index (κ3) is 4.77. The number of hydrogen-bond acceptors (Lipinski definition) is 6. The SMILES string of the molecule is CCN(CC)CCCN1C(=O)C(=O)/C(=C(/O)c2ccc(OC)cc2)[C@@H]1c1ccccn1. The maximum atomic E-state index is 13.0. The van der Waals surface area contributed by atoms with Gasteiger partial charge in [0, 0.05) is 18.3 Å². The van der Waals surface area contributed by atoms with E-state index in [-0.39, 0.29) is 11.3 Å². The molecule has 7 nitrogen and oxygen atoms in total. The quantitative estimate of drug-likeness (QED) is 0.379. The van der Waals surface area contributed by atoms with E-state index < -0.39 is 17.7 Å². The molecule has 1 fully saturated rings. The molecule has 1 aliphatic heterocycles. The van der Waals surface area contributed by atoms with Crippen molar-refractivity contribution in [3.63, 3.8) is 0 Å². The second-order valence-corrected chi connectivity index (χ2v) is 7.36. The average Bonchev–Trinajstić information content (AvgIpc) is 3.07. The summed E-state index contributed by atoms with van der Waals surface area (Å²) in [5.74, 6) is -0.866. The van der Waals surface area contributed by atoms with Gasteiger partial charge in [0.1, 0.15) is 17.6 Å². The molecule has 164 valence electrons. The summed E-state index contributed by atoms with van der Waals surface area (Å²) in [7, 11) is 1.56. The zero-order chi connectivity index (χ0) is 22.4. The van der Waals surface area contributed by atoms with Crippen molar-refractivity contribution >= 4 is 17.4 Å². The Morgan fingerprint density at radius 3 is 2.42 bits per heavy atom. The van der Waals surface area contributed by atoms with Gasteiger partial charge in [-0.25, -0.2) is 0 Å². The predicted molar refractivity (Wildman–Crippen MR) is 119 cm³/mol. The maximum absolute atomic E-state index is 13.0. The van der Waals surface area contributed by atoms with Gasteiger partial charge in [-0.3, -0.25) is 14.6 Å². The highest BCUT2D eigenvalue weighted by atomic mass is 16.5. The van der Waals surface area contributed by atoms with E-state index in [0.717, 1.165) is 26.1 Å². The fourth-order valence-corrected chi connectivity index (χ4v) is 3.86. The lowest BCUT2D eigenvalue weighted by Gasteiger charge is -2.26. The van der Waals surface area contributed by atoms with Crippen LogP contribution in [0.15, 0.2) is 54.2 Å². The monoisotopic (exact) mass is 423 g/mol. The molecule has 1 amide bonds. The Balaban J connectivity index is 1.98. The number of nitrogens with zero attached hydrogens (tertiary/aromatic N) is 3. The van der Waals surface area contributed by atoms with Crippen LogP contribution < -0.4 is 4.74 Å². The number of carbonyl (C=O) groups excluding carboxylic acids is 2. The number of aromatic nitrogens is 1. The largest absolute Gasteiger partial charge is 0.507 e. The van der Waals surface area contributed by atoms with Crippen molar-refractivity contribution in [2.24, 2.45) is 0 Å².